The van der Waals surface area contributed by atoms with Crippen molar-refractivity contribution in [2.75, 3.05) is 92.4 Å². The van der Waals surface area contributed by atoms with Crippen molar-refractivity contribution in [2.45, 2.75) is 76.4 Å². The molecule has 0 bridgehead atoms. The molecule has 2 amide bonds. The molecule has 254 valence electrons. The van der Waals surface area contributed by atoms with Crippen molar-refractivity contribution in [1.82, 2.24) is 10.6 Å². The molecule has 2 N–H and O–H groups in total. The van der Waals surface area contributed by atoms with Crippen LogP contribution < -0.4 is 10.6 Å². The number of alkyl carbamates (subject to hydrolysis) is 2. The maximum absolute atomic E-state index is 11.9. The SMILES string of the molecule is O=C(NCCOCCOCCOCCOCCOCCOCCNC(=O)OC1CC/C=C/CCC1)OC1CC/C=C/CCC1. The first-order chi connectivity index (χ1) is 21.7. The molecule has 2 aliphatic rings. The Morgan fingerprint density at radius 3 is 1.14 bits per heavy atom. The van der Waals surface area contributed by atoms with E-state index in [9.17, 15) is 9.59 Å². The minimum Gasteiger partial charge on any atom is -0.446 e. The molecule has 0 fully saturated rings. The summed E-state index contributed by atoms with van der Waals surface area (Å²) in [6.07, 6.45) is 17.6. The lowest BCUT2D eigenvalue weighted by Gasteiger charge is -2.18. The van der Waals surface area contributed by atoms with Crippen molar-refractivity contribution >= 4 is 12.2 Å². The summed E-state index contributed by atoms with van der Waals surface area (Å²) in [6, 6.07) is 0. The first kappa shape index (κ1) is 38.0. The Kier molecular flexibility index (Phi) is 24.4. The molecule has 0 aromatic heterocycles. The molecule has 0 aromatic rings. The van der Waals surface area contributed by atoms with Crippen molar-refractivity contribution < 1.29 is 47.5 Å². The highest BCUT2D eigenvalue weighted by Crippen LogP contribution is 2.16. The number of nitrogens with one attached hydrogen (secondary N) is 2. The third-order valence-corrected chi connectivity index (χ3v) is 6.88. The maximum Gasteiger partial charge on any atom is 0.407 e. The fourth-order valence-corrected chi connectivity index (χ4v) is 4.52. The highest BCUT2D eigenvalue weighted by Gasteiger charge is 2.15. The zero-order valence-corrected chi connectivity index (χ0v) is 26.5. The molecule has 2 atom stereocenters. The zero-order valence-electron chi connectivity index (χ0n) is 26.5. The number of hydrogen-bond donors (Lipinski definition) is 2. The summed E-state index contributed by atoms with van der Waals surface area (Å²) in [5.41, 5.74) is 0. The quantitative estimate of drug-likeness (QED) is 0.125. The van der Waals surface area contributed by atoms with E-state index >= 15 is 0 Å². The van der Waals surface area contributed by atoms with Gasteiger partial charge in [-0.1, -0.05) is 24.3 Å². The van der Waals surface area contributed by atoms with Gasteiger partial charge in [0.1, 0.15) is 12.2 Å². The highest BCUT2D eigenvalue weighted by atomic mass is 16.6. The molecule has 2 rings (SSSR count). The third kappa shape index (κ3) is 23.2. The second kappa shape index (κ2) is 28.3. The van der Waals surface area contributed by atoms with Crippen LogP contribution >= 0.6 is 0 Å². The number of allylic oxidation sites excluding steroid dienone is 4. The van der Waals surface area contributed by atoms with Crippen LogP contribution in [-0.4, -0.2) is 117 Å². The van der Waals surface area contributed by atoms with Crippen LogP contribution in [-0.2, 0) is 37.9 Å². The molecule has 0 aliphatic heterocycles. The van der Waals surface area contributed by atoms with Gasteiger partial charge in [0.25, 0.3) is 0 Å². The van der Waals surface area contributed by atoms with Gasteiger partial charge < -0.3 is 48.5 Å². The molecule has 44 heavy (non-hydrogen) atoms. The summed E-state index contributed by atoms with van der Waals surface area (Å²) in [5, 5.41) is 5.47. The predicted octanol–water partition coefficient (Wildman–Crippen LogP) is 4.32. The molecule has 0 heterocycles. The van der Waals surface area contributed by atoms with Gasteiger partial charge in [-0.05, 0) is 64.2 Å². The summed E-state index contributed by atoms with van der Waals surface area (Å²) in [4.78, 5) is 23.8. The zero-order chi connectivity index (χ0) is 31.2. The van der Waals surface area contributed by atoms with Gasteiger partial charge in [0.2, 0.25) is 0 Å². The van der Waals surface area contributed by atoms with Crippen LogP contribution in [0, 0.1) is 0 Å². The number of amides is 2. The molecule has 0 spiro atoms. The van der Waals surface area contributed by atoms with Gasteiger partial charge in [-0.3, -0.25) is 0 Å². The monoisotopic (exact) mass is 628 g/mol. The van der Waals surface area contributed by atoms with E-state index in [4.69, 9.17) is 37.9 Å². The smallest absolute Gasteiger partial charge is 0.407 e. The summed E-state index contributed by atoms with van der Waals surface area (Å²) in [5.74, 6) is 0. The summed E-state index contributed by atoms with van der Waals surface area (Å²) in [7, 11) is 0. The van der Waals surface area contributed by atoms with Crippen LogP contribution in [0.5, 0.6) is 0 Å². The Hall–Kier alpha value is -2.22. The van der Waals surface area contributed by atoms with Crippen LogP contribution in [0.25, 0.3) is 0 Å². The van der Waals surface area contributed by atoms with E-state index in [2.05, 4.69) is 34.9 Å². The Balaban J connectivity index is 1.22. The Labute approximate surface area is 263 Å². The fourth-order valence-electron chi connectivity index (χ4n) is 4.52. The van der Waals surface area contributed by atoms with Gasteiger partial charge in [0.05, 0.1) is 79.3 Å². The summed E-state index contributed by atoms with van der Waals surface area (Å²) >= 11 is 0. The Bertz CT molecular complexity index is 705. The standard InChI is InChI=1S/C32H56N2O10/c35-31(43-29-11-7-3-1-4-8-12-29)33-15-17-37-19-21-39-23-25-41-27-28-42-26-24-40-22-20-38-18-16-34-32(36)44-30-13-9-5-2-6-10-14-30/h1-3,5,29-30H,4,6-28H2,(H,33,35)(H,34,36)/b3-1+,5-2+. The molecule has 12 heteroatoms. The van der Waals surface area contributed by atoms with Crippen LogP contribution in [0.3, 0.4) is 0 Å². The van der Waals surface area contributed by atoms with Gasteiger partial charge in [-0.2, -0.15) is 0 Å². The molecule has 0 radical (unpaired) electrons. The lowest BCUT2D eigenvalue weighted by atomic mass is 10.0. The predicted molar refractivity (Wildman–Crippen MR) is 166 cm³/mol. The van der Waals surface area contributed by atoms with Crippen LogP contribution in [0.4, 0.5) is 9.59 Å². The van der Waals surface area contributed by atoms with Gasteiger partial charge in [0.15, 0.2) is 0 Å². The number of rotatable bonds is 23. The van der Waals surface area contributed by atoms with E-state index in [1.165, 1.54) is 0 Å². The van der Waals surface area contributed by atoms with Crippen molar-refractivity contribution in [2.24, 2.45) is 0 Å². The maximum atomic E-state index is 11.9. The average Bonchev–Trinajstić information content (AvgIpc) is 2.98. The van der Waals surface area contributed by atoms with Gasteiger partial charge >= 0.3 is 12.2 Å². The summed E-state index contributed by atoms with van der Waals surface area (Å²) in [6.45, 7) is 6.32. The molecule has 0 saturated carbocycles. The fraction of sp³-hybridized carbons (Fsp3) is 0.812. The molecule has 0 saturated heterocycles. The highest BCUT2D eigenvalue weighted by molar-refractivity contribution is 5.67. The first-order valence-electron chi connectivity index (χ1n) is 16.4. The van der Waals surface area contributed by atoms with E-state index in [0.29, 0.717) is 92.4 Å². The topological polar surface area (TPSA) is 132 Å². The van der Waals surface area contributed by atoms with Gasteiger partial charge in [0, 0.05) is 13.1 Å². The van der Waals surface area contributed by atoms with Gasteiger partial charge in [-0.15, -0.1) is 0 Å². The second-order valence-corrected chi connectivity index (χ2v) is 10.5. The van der Waals surface area contributed by atoms with Crippen LogP contribution in [0.2, 0.25) is 0 Å². The molecular weight excluding hydrogens is 572 g/mol. The normalized spacial score (nSPS) is 20.4. The number of ether oxygens (including phenoxy) is 8. The average molecular weight is 629 g/mol. The Morgan fingerprint density at radius 1 is 0.455 bits per heavy atom. The molecule has 12 nitrogen and oxygen atoms in total. The number of carbonyl (C=O) groups is 2. The largest absolute Gasteiger partial charge is 0.446 e. The molecule has 0 aromatic carbocycles. The lowest BCUT2D eigenvalue weighted by Crippen LogP contribution is -2.31. The van der Waals surface area contributed by atoms with Gasteiger partial charge in [-0.25, -0.2) is 9.59 Å². The second-order valence-electron chi connectivity index (χ2n) is 10.5. The van der Waals surface area contributed by atoms with Crippen molar-refractivity contribution in [3.05, 3.63) is 24.3 Å². The van der Waals surface area contributed by atoms with E-state index in [0.717, 1.165) is 64.2 Å². The molecule has 2 aliphatic carbocycles. The van der Waals surface area contributed by atoms with E-state index in [1.807, 2.05) is 0 Å². The van der Waals surface area contributed by atoms with Crippen molar-refractivity contribution in [1.29, 1.82) is 0 Å². The van der Waals surface area contributed by atoms with Crippen molar-refractivity contribution in [3.8, 4) is 0 Å². The third-order valence-electron chi connectivity index (χ3n) is 6.88. The van der Waals surface area contributed by atoms with Crippen LogP contribution in [0.1, 0.15) is 64.2 Å². The first-order valence-corrected chi connectivity index (χ1v) is 16.4. The number of hydrogen-bond acceptors (Lipinski definition) is 10. The Morgan fingerprint density at radius 2 is 0.773 bits per heavy atom. The van der Waals surface area contributed by atoms with E-state index in [-0.39, 0.29) is 24.4 Å². The van der Waals surface area contributed by atoms with Crippen molar-refractivity contribution in [3.63, 3.8) is 0 Å². The lowest BCUT2D eigenvalue weighted by molar-refractivity contribution is -0.0165. The van der Waals surface area contributed by atoms with E-state index in [1.54, 1.807) is 0 Å². The minimum absolute atomic E-state index is 0.00718. The molecular formula is C32H56N2O10. The molecule has 2 unspecified atom stereocenters. The number of carbonyl (C=O) groups excluding carboxylic acids is 2. The minimum atomic E-state index is -0.377. The van der Waals surface area contributed by atoms with E-state index < -0.39 is 0 Å². The van der Waals surface area contributed by atoms with Crippen LogP contribution in [0.15, 0.2) is 24.3 Å². The summed E-state index contributed by atoms with van der Waals surface area (Å²) < 4.78 is 43.8.